The molecule has 3 heterocycles. The van der Waals surface area contributed by atoms with Crippen molar-refractivity contribution in [3.8, 4) is 33.6 Å². The highest BCUT2D eigenvalue weighted by Crippen LogP contribution is 2.43. The van der Waals surface area contributed by atoms with E-state index in [0.29, 0.717) is 0 Å². The number of hydrogen-bond donors (Lipinski definition) is 0. The van der Waals surface area contributed by atoms with Gasteiger partial charge in [0, 0.05) is 39.3 Å². The van der Waals surface area contributed by atoms with Crippen LogP contribution in [-0.4, -0.2) is 14.1 Å². The predicted octanol–water partition coefficient (Wildman–Crippen LogP) is 10.6. The van der Waals surface area contributed by atoms with Crippen LogP contribution in [0.15, 0.2) is 164 Å². The Hall–Kier alpha value is -5.93. The van der Waals surface area contributed by atoms with Crippen LogP contribution in [0.1, 0.15) is 0 Å². The summed E-state index contributed by atoms with van der Waals surface area (Å²) in [5.41, 5.74) is 12.8. The summed E-state index contributed by atoms with van der Waals surface area (Å²) in [5.74, 6) is 0. The fourth-order valence-electron chi connectivity index (χ4n) is 6.90. The van der Waals surface area contributed by atoms with E-state index < -0.39 is 0 Å². The molecule has 0 spiro atoms. The van der Waals surface area contributed by atoms with Crippen LogP contribution in [0.25, 0.3) is 77.4 Å². The van der Waals surface area contributed by atoms with E-state index in [1.807, 2.05) is 12.3 Å². The van der Waals surface area contributed by atoms with Gasteiger partial charge in [0.2, 0.25) is 0 Å². The van der Waals surface area contributed by atoms with E-state index in [0.717, 1.165) is 27.8 Å². The summed E-state index contributed by atoms with van der Waals surface area (Å²) in [6.45, 7) is 0. The minimum Gasteiger partial charge on any atom is -0.309 e. The quantitative estimate of drug-likeness (QED) is 0.210. The zero-order chi connectivity index (χ0) is 29.0. The maximum atomic E-state index is 4.85. The highest BCUT2D eigenvalue weighted by Gasteiger charge is 2.21. The molecule has 0 radical (unpaired) electrons. The van der Waals surface area contributed by atoms with Gasteiger partial charge in [-0.2, -0.15) is 0 Å². The van der Waals surface area contributed by atoms with Gasteiger partial charge in [0.1, 0.15) is 0 Å². The van der Waals surface area contributed by atoms with Crippen molar-refractivity contribution in [1.29, 1.82) is 0 Å². The monoisotopic (exact) mass is 561 g/mol. The van der Waals surface area contributed by atoms with E-state index in [4.69, 9.17) is 4.98 Å². The van der Waals surface area contributed by atoms with Gasteiger partial charge in [0.25, 0.3) is 0 Å². The van der Waals surface area contributed by atoms with Crippen LogP contribution in [0.4, 0.5) is 0 Å². The molecule has 206 valence electrons. The maximum Gasteiger partial charge on any atom is 0.0963 e. The highest BCUT2D eigenvalue weighted by molar-refractivity contribution is 6.20. The Labute approximate surface area is 254 Å². The molecule has 9 rings (SSSR count). The van der Waals surface area contributed by atoms with Crippen molar-refractivity contribution in [2.24, 2.45) is 0 Å². The Morgan fingerprint density at radius 1 is 0.386 bits per heavy atom. The lowest BCUT2D eigenvalue weighted by atomic mass is 9.97. The molecule has 44 heavy (non-hydrogen) atoms. The Kier molecular flexibility index (Phi) is 5.50. The average Bonchev–Trinajstić information content (AvgIpc) is 3.62. The standard InChI is InChI=1S/C41H27N3/c1-3-12-28(13-4-1)29-23-25-31(26-24-29)43-36-20-8-7-16-34(36)39-32(17-10-21-37(39)43)33-18-9-19-35-40-38(22-11-27-42-40)44(41(33)35)30-14-5-2-6-15-30/h1-27H. The third-order valence-electron chi connectivity index (χ3n) is 8.78. The van der Waals surface area contributed by atoms with Crippen molar-refractivity contribution in [2.75, 3.05) is 0 Å². The van der Waals surface area contributed by atoms with Gasteiger partial charge < -0.3 is 9.13 Å². The molecule has 0 saturated carbocycles. The molecule has 0 aliphatic carbocycles. The molecule has 3 heteroatoms. The van der Waals surface area contributed by atoms with Crippen LogP contribution in [0, 0.1) is 0 Å². The normalized spacial score (nSPS) is 11.6. The topological polar surface area (TPSA) is 22.8 Å². The Balaban J connectivity index is 1.34. The molecule has 3 nitrogen and oxygen atoms in total. The van der Waals surface area contributed by atoms with Gasteiger partial charge >= 0.3 is 0 Å². The summed E-state index contributed by atoms with van der Waals surface area (Å²) in [6, 6.07) is 56.4. The summed E-state index contributed by atoms with van der Waals surface area (Å²) in [4.78, 5) is 4.85. The van der Waals surface area contributed by atoms with Crippen LogP contribution < -0.4 is 0 Å². The largest absolute Gasteiger partial charge is 0.309 e. The number of benzene rings is 6. The van der Waals surface area contributed by atoms with E-state index in [2.05, 4.69) is 161 Å². The average molecular weight is 562 g/mol. The third-order valence-corrected chi connectivity index (χ3v) is 8.78. The number of nitrogens with zero attached hydrogens (tertiary/aromatic N) is 3. The van der Waals surface area contributed by atoms with E-state index in [1.54, 1.807) is 0 Å². The van der Waals surface area contributed by atoms with Gasteiger partial charge in [-0.15, -0.1) is 0 Å². The molecule has 0 N–H and O–H groups in total. The minimum atomic E-state index is 1.02. The molecule has 0 aliphatic heterocycles. The molecule has 0 saturated heterocycles. The SMILES string of the molecule is c1ccc(-c2ccc(-n3c4ccccc4c4c(-c5cccc6c7ncccc7n(-c7ccccc7)c56)cccc43)cc2)cc1. The summed E-state index contributed by atoms with van der Waals surface area (Å²) in [6.07, 6.45) is 1.89. The van der Waals surface area contributed by atoms with Gasteiger partial charge in [-0.3, -0.25) is 4.98 Å². The van der Waals surface area contributed by atoms with Crippen molar-refractivity contribution in [3.05, 3.63) is 164 Å². The zero-order valence-electron chi connectivity index (χ0n) is 23.9. The summed E-state index contributed by atoms with van der Waals surface area (Å²) in [7, 11) is 0. The second kappa shape index (κ2) is 9.82. The van der Waals surface area contributed by atoms with Gasteiger partial charge in [0.05, 0.1) is 27.6 Å². The Morgan fingerprint density at radius 2 is 1.00 bits per heavy atom. The fraction of sp³-hybridized carbons (Fsp3) is 0. The van der Waals surface area contributed by atoms with E-state index in [-0.39, 0.29) is 0 Å². The molecular weight excluding hydrogens is 534 g/mol. The van der Waals surface area contributed by atoms with Gasteiger partial charge in [0.15, 0.2) is 0 Å². The van der Waals surface area contributed by atoms with Crippen molar-refractivity contribution < 1.29 is 0 Å². The molecule has 6 aromatic carbocycles. The lowest BCUT2D eigenvalue weighted by Crippen LogP contribution is -1.96. The lowest BCUT2D eigenvalue weighted by Gasteiger charge is -2.13. The van der Waals surface area contributed by atoms with Crippen molar-refractivity contribution in [3.63, 3.8) is 0 Å². The van der Waals surface area contributed by atoms with E-state index in [9.17, 15) is 0 Å². The van der Waals surface area contributed by atoms with Crippen molar-refractivity contribution in [2.45, 2.75) is 0 Å². The second-order valence-electron chi connectivity index (χ2n) is 11.2. The van der Waals surface area contributed by atoms with E-state index in [1.165, 1.54) is 49.6 Å². The predicted molar refractivity (Wildman–Crippen MR) is 184 cm³/mol. The van der Waals surface area contributed by atoms with Crippen LogP contribution in [0.5, 0.6) is 0 Å². The molecule has 0 atom stereocenters. The molecule has 0 amide bonds. The molecule has 0 bridgehead atoms. The smallest absolute Gasteiger partial charge is 0.0963 e. The van der Waals surface area contributed by atoms with Crippen LogP contribution in [0.2, 0.25) is 0 Å². The lowest BCUT2D eigenvalue weighted by molar-refractivity contribution is 1.17. The molecule has 9 aromatic rings. The zero-order valence-corrected chi connectivity index (χ0v) is 23.9. The maximum absolute atomic E-state index is 4.85. The van der Waals surface area contributed by atoms with Crippen molar-refractivity contribution >= 4 is 43.7 Å². The number of hydrogen-bond acceptors (Lipinski definition) is 1. The molecule has 0 fully saturated rings. The Morgan fingerprint density at radius 3 is 1.84 bits per heavy atom. The summed E-state index contributed by atoms with van der Waals surface area (Å²) in [5, 5.41) is 3.64. The first-order valence-corrected chi connectivity index (χ1v) is 15.0. The van der Waals surface area contributed by atoms with Crippen LogP contribution >= 0.6 is 0 Å². The fourth-order valence-corrected chi connectivity index (χ4v) is 6.90. The first-order valence-electron chi connectivity index (χ1n) is 15.0. The summed E-state index contributed by atoms with van der Waals surface area (Å²) >= 11 is 0. The third kappa shape index (κ3) is 3.66. The van der Waals surface area contributed by atoms with Gasteiger partial charge in [-0.05, 0) is 65.2 Å². The second-order valence-corrected chi connectivity index (χ2v) is 11.2. The first kappa shape index (κ1) is 24.6. The Bertz CT molecular complexity index is 2470. The van der Waals surface area contributed by atoms with Gasteiger partial charge in [-0.25, -0.2) is 0 Å². The molecule has 0 aliphatic rings. The summed E-state index contributed by atoms with van der Waals surface area (Å²) < 4.78 is 4.77. The molecule has 3 aromatic heterocycles. The van der Waals surface area contributed by atoms with Crippen molar-refractivity contribution in [1.82, 2.24) is 14.1 Å². The highest BCUT2D eigenvalue weighted by atomic mass is 15.0. The number of fused-ring (bicyclic) bond motifs is 6. The first-order chi connectivity index (χ1) is 21.9. The molecule has 0 unspecified atom stereocenters. The van der Waals surface area contributed by atoms with Gasteiger partial charge in [-0.1, -0.05) is 109 Å². The number of aromatic nitrogens is 3. The van der Waals surface area contributed by atoms with Crippen LogP contribution in [0.3, 0.4) is 0 Å². The minimum absolute atomic E-state index is 1.02. The number of para-hydroxylation sites is 3. The number of pyridine rings is 1. The number of rotatable bonds is 4. The van der Waals surface area contributed by atoms with E-state index >= 15 is 0 Å². The molecular formula is C41H27N3. The van der Waals surface area contributed by atoms with Crippen LogP contribution in [-0.2, 0) is 0 Å².